The number of carbonyl (C=O) groups excluding carboxylic acids is 1. The van der Waals surface area contributed by atoms with Crippen LogP contribution in [0.1, 0.15) is 50.7 Å². The van der Waals surface area contributed by atoms with Crippen LogP contribution in [0.2, 0.25) is 0 Å². The Balaban J connectivity index is 1.42. The summed E-state index contributed by atoms with van der Waals surface area (Å²) in [7, 11) is 3.52. The lowest BCUT2D eigenvalue weighted by atomic mass is 9.89. The molecule has 33 heavy (non-hydrogen) atoms. The Morgan fingerprint density at radius 3 is 2.39 bits per heavy atom. The topological polar surface area (TPSA) is 54.0 Å². The lowest BCUT2D eigenvalue weighted by Gasteiger charge is -2.33. The van der Waals surface area contributed by atoms with Crippen molar-refractivity contribution in [3.63, 3.8) is 0 Å². The predicted octanol–water partition coefficient (Wildman–Crippen LogP) is 5.35. The van der Waals surface area contributed by atoms with Crippen LogP contribution in [0.15, 0.2) is 48.5 Å². The van der Waals surface area contributed by atoms with Gasteiger partial charge in [-0.05, 0) is 76.4 Å². The van der Waals surface area contributed by atoms with E-state index in [0.29, 0.717) is 12.5 Å². The third-order valence-electron chi connectivity index (χ3n) is 6.10. The first kappa shape index (κ1) is 24.9. The summed E-state index contributed by atoms with van der Waals surface area (Å²) in [4.78, 5) is 16.2. The number of carbonyl (C=O) groups is 1. The molecule has 1 amide bonds. The number of hydrogen-bond acceptors (Lipinski definition) is 5. The molecule has 0 saturated carbocycles. The number of amides is 1. The van der Waals surface area contributed by atoms with Crippen molar-refractivity contribution in [1.29, 1.82) is 0 Å². The summed E-state index contributed by atoms with van der Waals surface area (Å²) in [5, 5.41) is 3.49. The number of benzene rings is 2. The summed E-state index contributed by atoms with van der Waals surface area (Å²) in [6.07, 6.45) is 2.03. The molecule has 1 saturated heterocycles. The Bertz CT molecular complexity index is 884. The molecule has 6 nitrogen and oxygen atoms in total. The molecule has 2 aromatic carbocycles. The number of anilines is 1. The number of ether oxygens (including phenoxy) is 2. The highest BCUT2D eigenvalue weighted by molar-refractivity contribution is 5.67. The summed E-state index contributed by atoms with van der Waals surface area (Å²) in [6.45, 7) is 10.1. The monoisotopic (exact) mass is 453 g/mol. The molecule has 0 radical (unpaired) electrons. The minimum absolute atomic E-state index is 0.253. The van der Waals surface area contributed by atoms with Gasteiger partial charge in [0.1, 0.15) is 11.4 Å². The second-order valence-electron chi connectivity index (χ2n) is 9.81. The van der Waals surface area contributed by atoms with E-state index in [9.17, 15) is 4.79 Å². The van der Waals surface area contributed by atoms with E-state index in [0.717, 1.165) is 56.0 Å². The van der Waals surface area contributed by atoms with Gasteiger partial charge in [0.25, 0.3) is 0 Å². The van der Waals surface area contributed by atoms with Crippen molar-refractivity contribution in [3.05, 3.63) is 59.7 Å². The molecule has 0 atom stereocenters. The van der Waals surface area contributed by atoms with Gasteiger partial charge in [-0.2, -0.15) is 0 Å². The first-order valence-electron chi connectivity index (χ1n) is 11.9. The first-order valence-corrected chi connectivity index (χ1v) is 11.9. The Kier molecular flexibility index (Phi) is 8.61. The summed E-state index contributed by atoms with van der Waals surface area (Å²) in [5.74, 6) is 1.50. The van der Waals surface area contributed by atoms with Crippen LogP contribution in [-0.2, 0) is 11.3 Å². The number of likely N-dealkylation sites (tertiary alicyclic amines) is 1. The van der Waals surface area contributed by atoms with E-state index in [1.165, 1.54) is 5.56 Å². The quantitative estimate of drug-likeness (QED) is 0.584. The fourth-order valence-corrected chi connectivity index (χ4v) is 4.13. The highest BCUT2D eigenvalue weighted by Crippen LogP contribution is 2.29. The van der Waals surface area contributed by atoms with E-state index in [-0.39, 0.29) is 6.09 Å². The summed E-state index contributed by atoms with van der Waals surface area (Å²) in [5.41, 5.74) is 3.22. The van der Waals surface area contributed by atoms with Crippen LogP contribution < -0.4 is 10.1 Å². The van der Waals surface area contributed by atoms with Crippen molar-refractivity contribution in [3.8, 4) is 5.75 Å². The number of piperidine rings is 1. The van der Waals surface area contributed by atoms with Crippen molar-refractivity contribution in [2.75, 3.05) is 45.7 Å². The third kappa shape index (κ3) is 7.67. The van der Waals surface area contributed by atoms with E-state index in [1.54, 1.807) is 12.0 Å². The van der Waals surface area contributed by atoms with Gasteiger partial charge >= 0.3 is 6.09 Å². The van der Waals surface area contributed by atoms with Crippen molar-refractivity contribution in [2.24, 2.45) is 0 Å². The molecule has 6 heteroatoms. The molecule has 0 aliphatic carbocycles. The molecule has 0 bridgehead atoms. The van der Waals surface area contributed by atoms with Crippen LogP contribution in [0.4, 0.5) is 10.5 Å². The average molecular weight is 454 g/mol. The Morgan fingerprint density at radius 1 is 1.09 bits per heavy atom. The Labute approximate surface area is 198 Å². The molecule has 1 N–H and O–H groups in total. The first-order chi connectivity index (χ1) is 15.7. The average Bonchev–Trinajstić information content (AvgIpc) is 2.81. The minimum atomic E-state index is -0.455. The smallest absolute Gasteiger partial charge is 0.410 e. The maximum atomic E-state index is 12.1. The van der Waals surface area contributed by atoms with Gasteiger partial charge < -0.3 is 24.6 Å². The van der Waals surface area contributed by atoms with E-state index in [2.05, 4.69) is 40.5 Å². The van der Waals surface area contributed by atoms with Crippen molar-refractivity contribution >= 4 is 11.8 Å². The molecule has 2 aromatic rings. The lowest BCUT2D eigenvalue weighted by Crippen LogP contribution is -2.41. The predicted molar refractivity (Wildman–Crippen MR) is 134 cm³/mol. The second-order valence-corrected chi connectivity index (χ2v) is 9.81. The molecule has 0 aromatic heterocycles. The number of nitrogens with zero attached hydrogens (tertiary/aromatic N) is 2. The number of para-hydroxylation sites is 1. The third-order valence-corrected chi connectivity index (χ3v) is 6.10. The molecule has 0 unspecified atom stereocenters. The Hall–Kier alpha value is -2.73. The van der Waals surface area contributed by atoms with E-state index >= 15 is 0 Å². The van der Waals surface area contributed by atoms with Crippen molar-refractivity contribution in [2.45, 2.75) is 51.7 Å². The minimum Gasteiger partial charge on any atom is -0.496 e. The van der Waals surface area contributed by atoms with Crippen LogP contribution >= 0.6 is 0 Å². The fourth-order valence-electron chi connectivity index (χ4n) is 4.13. The zero-order chi connectivity index (χ0) is 23.8. The summed E-state index contributed by atoms with van der Waals surface area (Å²) >= 11 is 0. The van der Waals surface area contributed by atoms with Gasteiger partial charge in [-0.1, -0.05) is 30.3 Å². The van der Waals surface area contributed by atoms with Gasteiger partial charge in [0.05, 0.1) is 7.11 Å². The maximum absolute atomic E-state index is 12.1. The van der Waals surface area contributed by atoms with Gasteiger partial charge in [-0.25, -0.2) is 4.79 Å². The maximum Gasteiger partial charge on any atom is 0.410 e. The molecule has 1 aliphatic rings. The van der Waals surface area contributed by atoms with Crippen LogP contribution in [0.3, 0.4) is 0 Å². The highest BCUT2D eigenvalue weighted by Gasteiger charge is 2.23. The van der Waals surface area contributed by atoms with Gasteiger partial charge in [0, 0.05) is 37.9 Å². The highest BCUT2D eigenvalue weighted by atomic mass is 16.6. The van der Waals surface area contributed by atoms with Gasteiger partial charge in [0.2, 0.25) is 0 Å². The van der Waals surface area contributed by atoms with E-state index in [1.807, 2.05) is 46.0 Å². The fraction of sp³-hybridized carbons (Fsp3) is 0.519. The number of likely N-dealkylation sites (N-methyl/N-ethyl adjacent to an activating group) is 1. The molecule has 0 spiro atoms. The molecule has 1 heterocycles. The molecule has 1 fully saturated rings. The molecule has 180 valence electrons. The van der Waals surface area contributed by atoms with Crippen LogP contribution in [0.25, 0.3) is 0 Å². The van der Waals surface area contributed by atoms with E-state index < -0.39 is 5.60 Å². The van der Waals surface area contributed by atoms with Crippen LogP contribution in [0, 0.1) is 0 Å². The SMILES string of the molecule is COc1ccccc1CNc1ccc(C2CCN(CCN(C)C(=O)OC(C)(C)C)CC2)cc1. The van der Waals surface area contributed by atoms with E-state index in [4.69, 9.17) is 9.47 Å². The molecule has 3 rings (SSSR count). The van der Waals surface area contributed by atoms with Crippen LogP contribution in [-0.4, -0.2) is 61.8 Å². The summed E-state index contributed by atoms with van der Waals surface area (Å²) < 4.78 is 10.9. The standard InChI is InChI=1S/C27H39N3O3/c1-27(2,3)33-26(31)29(4)18-19-30-16-14-22(15-17-30)21-10-12-24(13-11-21)28-20-23-8-6-7-9-25(23)32-5/h6-13,22,28H,14-20H2,1-5H3. The Morgan fingerprint density at radius 2 is 1.76 bits per heavy atom. The second kappa shape index (κ2) is 11.4. The zero-order valence-corrected chi connectivity index (χ0v) is 20.8. The van der Waals surface area contributed by atoms with Crippen LogP contribution in [0.5, 0.6) is 5.75 Å². The molecular weight excluding hydrogens is 414 g/mol. The molecular formula is C27H39N3O3. The van der Waals surface area contributed by atoms with Gasteiger partial charge in [-0.15, -0.1) is 0 Å². The van der Waals surface area contributed by atoms with Gasteiger partial charge in [0.15, 0.2) is 0 Å². The normalized spacial score (nSPS) is 15.2. The van der Waals surface area contributed by atoms with Crippen molar-refractivity contribution < 1.29 is 14.3 Å². The number of nitrogens with one attached hydrogen (secondary N) is 1. The van der Waals surface area contributed by atoms with Gasteiger partial charge in [-0.3, -0.25) is 0 Å². The largest absolute Gasteiger partial charge is 0.496 e. The summed E-state index contributed by atoms with van der Waals surface area (Å²) in [6, 6.07) is 16.9. The number of methoxy groups -OCH3 is 1. The zero-order valence-electron chi connectivity index (χ0n) is 20.8. The number of hydrogen-bond donors (Lipinski definition) is 1. The number of rotatable bonds is 8. The van der Waals surface area contributed by atoms with Crippen molar-refractivity contribution in [1.82, 2.24) is 9.80 Å². The molecule has 1 aliphatic heterocycles. The lowest BCUT2D eigenvalue weighted by molar-refractivity contribution is 0.0278.